The highest BCUT2D eigenvalue weighted by Crippen LogP contribution is 2.16. The Hall–Kier alpha value is -2.82. The predicted octanol–water partition coefficient (Wildman–Crippen LogP) is 3.26. The Balaban J connectivity index is 1.92. The maximum atomic E-state index is 11.9. The van der Waals surface area contributed by atoms with E-state index < -0.39 is 0 Å². The minimum Gasteiger partial charge on any atom is -0.497 e. The number of rotatable bonds is 6. The lowest BCUT2D eigenvalue weighted by atomic mass is 10.0. The van der Waals surface area contributed by atoms with Crippen LogP contribution >= 0.6 is 0 Å². The third-order valence-electron chi connectivity index (χ3n) is 3.64. The molecule has 2 N–H and O–H groups in total. The first-order valence-electron chi connectivity index (χ1n) is 7.78. The molecule has 0 aliphatic carbocycles. The number of ether oxygens (including phenoxy) is 1. The van der Waals surface area contributed by atoms with Crippen molar-refractivity contribution in [1.82, 2.24) is 5.43 Å². The lowest BCUT2D eigenvalue weighted by Crippen LogP contribution is -2.26. The van der Waals surface area contributed by atoms with E-state index in [0.29, 0.717) is 0 Å². The van der Waals surface area contributed by atoms with Crippen molar-refractivity contribution in [2.75, 3.05) is 19.0 Å². The van der Waals surface area contributed by atoms with Crippen molar-refractivity contribution in [3.05, 3.63) is 59.2 Å². The number of nitrogens with one attached hydrogen (secondary N) is 2. The van der Waals surface area contributed by atoms with Crippen molar-refractivity contribution in [1.29, 1.82) is 0 Å². The van der Waals surface area contributed by atoms with Gasteiger partial charge in [-0.25, -0.2) is 5.43 Å². The van der Waals surface area contributed by atoms with E-state index >= 15 is 0 Å². The van der Waals surface area contributed by atoms with E-state index in [1.807, 2.05) is 50.2 Å². The Kier molecular flexibility index (Phi) is 5.95. The monoisotopic (exact) mass is 325 g/mol. The molecule has 2 aromatic carbocycles. The van der Waals surface area contributed by atoms with Crippen LogP contribution in [0.2, 0.25) is 0 Å². The largest absolute Gasteiger partial charge is 0.497 e. The lowest BCUT2D eigenvalue weighted by molar-refractivity contribution is -0.119. The van der Waals surface area contributed by atoms with Gasteiger partial charge in [0.05, 0.1) is 19.4 Å². The Morgan fingerprint density at radius 2 is 1.96 bits per heavy atom. The molecule has 0 fully saturated rings. The van der Waals surface area contributed by atoms with Gasteiger partial charge in [0.1, 0.15) is 5.75 Å². The average Bonchev–Trinajstić information content (AvgIpc) is 2.58. The number of hydrogen-bond donors (Lipinski definition) is 2. The van der Waals surface area contributed by atoms with Crippen molar-refractivity contribution in [2.45, 2.75) is 20.8 Å². The van der Waals surface area contributed by atoms with E-state index in [1.54, 1.807) is 7.11 Å². The molecule has 0 heterocycles. The van der Waals surface area contributed by atoms with Gasteiger partial charge >= 0.3 is 0 Å². The van der Waals surface area contributed by atoms with Crippen molar-refractivity contribution in [2.24, 2.45) is 5.10 Å². The van der Waals surface area contributed by atoms with Gasteiger partial charge in [-0.1, -0.05) is 29.8 Å². The quantitative estimate of drug-likeness (QED) is 0.633. The fourth-order valence-corrected chi connectivity index (χ4v) is 2.38. The van der Waals surface area contributed by atoms with Crippen molar-refractivity contribution >= 4 is 17.3 Å². The summed E-state index contributed by atoms with van der Waals surface area (Å²) < 4.78 is 5.15. The molecule has 1 amide bonds. The molecule has 0 aliphatic heterocycles. The molecule has 0 saturated heterocycles. The Morgan fingerprint density at radius 1 is 1.17 bits per heavy atom. The van der Waals surface area contributed by atoms with Gasteiger partial charge in [-0.2, -0.15) is 5.10 Å². The number of aryl methyl sites for hydroxylation is 2. The van der Waals surface area contributed by atoms with E-state index in [0.717, 1.165) is 28.3 Å². The molecule has 5 heteroatoms. The van der Waals surface area contributed by atoms with Crippen molar-refractivity contribution < 1.29 is 9.53 Å². The summed E-state index contributed by atoms with van der Waals surface area (Å²) in [6.07, 6.45) is 0. The number of methoxy groups -OCH3 is 1. The van der Waals surface area contributed by atoms with Gasteiger partial charge in [-0.3, -0.25) is 4.79 Å². The molecule has 126 valence electrons. The number of hydrazone groups is 1. The second kappa shape index (κ2) is 8.15. The Labute approximate surface area is 142 Å². The van der Waals surface area contributed by atoms with Crippen LogP contribution in [-0.4, -0.2) is 25.3 Å². The van der Waals surface area contributed by atoms with Gasteiger partial charge in [0.2, 0.25) is 0 Å². The van der Waals surface area contributed by atoms with E-state index in [9.17, 15) is 4.79 Å². The number of hydrogen-bond acceptors (Lipinski definition) is 4. The molecule has 5 nitrogen and oxygen atoms in total. The molecule has 2 aromatic rings. The molecule has 0 radical (unpaired) electrons. The molecule has 0 spiro atoms. The summed E-state index contributed by atoms with van der Waals surface area (Å²) in [6, 6.07) is 13.6. The summed E-state index contributed by atoms with van der Waals surface area (Å²) in [4.78, 5) is 11.9. The summed E-state index contributed by atoms with van der Waals surface area (Å²) in [5.41, 5.74) is 7.55. The SMILES string of the molecule is COc1cccc(NCC(=O)N/N=C(/C)c2ccc(C)cc2C)c1. The minimum atomic E-state index is -0.207. The number of anilines is 1. The van der Waals surface area contributed by atoms with Crippen LogP contribution in [0.25, 0.3) is 0 Å². The fraction of sp³-hybridized carbons (Fsp3) is 0.263. The van der Waals surface area contributed by atoms with Crippen molar-refractivity contribution in [3.63, 3.8) is 0 Å². The van der Waals surface area contributed by atoms with Crippen LogP contribution in [0.5, 0.6) is 5.75 Å². The van der Waals surface area contributed by atoms with Crippen LogP contribution in [0.1, 0.15) is 23.6 Å². The number of nitrogens with zero attached hydrogens (tertiary/aromatic N) is 1. The number of amides is 1. The van der Waals surface area contributed by atoms with Crippen molar-refractivity contribution in [3.8, 4) is 5.75 Å². The highest BCUT2D eigenvalue weighted by atomic mass is 16.5. The van der Waals surface area contributed by atoms with Gasteiger partial charge in [0, 0.05) is 17.3 Å². The summed E-state index contributed by atoms with van der Waals surface area (Å²) in [7, 11) is 1.61. The van der Waals surface area contributed by atoms with E-state index in [4.69, 9.17) is 4.74 Å². The fourth-order valence-electron chi connectivity index (χ4n) is 2.38. The summed E-state index contributed by atoms with van der Waals surface area (Å²) >= 11 is 0. The lowest BCUT2D eigenvalue weighted by Gasteiger charge is -2.09. The maximum Gasteiger partial charge on any atom is 0.259 e. The summed E-state index contributed by atoms with van der Waals surface area (Å²) in [6.45, 7) is 6.10. The smallest absolute Gasteiger partial charge is 0.259 e. The molecule has 0 atom stereocenters. The first-order valence-corrected chi connectivity index (χ1v) is 7.78. The summed E-state index contributed by atoms with van der Waals surface area (Å²) in [5, 5.41) is 7.22. The number of carbonyl (C=O) groups excluding carboxylic acids is 1. The van der Waals surface area contributed by atoms with Crippen LogP contribution in [0.3, 0.4) is 0 Å². The van der Waals surface area contributed by atoms with Gasteiger partial charge in [-0.15, -0.1) is 0 Å². The van der Waals surface area contributed by atoms with Crippen LogP contribution in [0.4, 0.5) is 5.69 Å². The van der Waals surface area contributed by atoms with Crippen LogP contribution < -0.4 is 15.5 Å². The van der Waals surface area contributed by atoms with Crippen LogP contribution in [0.15, 0.2) is 47.6 Å². The van der Waals surface area contributed by atoms with E-state index in [-0.39, 0.29) is 12.5 Å². The van der Waals surface area contributed by atoms with E-state index in [2.05, 4.69) is 28.8 Å². The Morgan fingerprint density at radius 3 is 2.67 bits per heavy atom. The molecule has 0 bridgehead atoms. The third kappa shape index (κ3) is 4.84. The highest BCUT2D eigenvalue weighted by Gasteiger charge is 2.04. The van der Waals surface area contributed by atoms with Crippen LogP contribution in [0, 0.1) is 13.8 Å². The van der Waals surface area contributed by atoms with Gasteiger partial charge in [-0.05, 0) is 38.5 Å². The predicted molar refractivity (Wildman–Crippen MR) is 97.8 cm³/mol. The maximum absolute atomic E-state index is 11.9. The third-order valence-corrected chi connectivity index (χ3v) is 3.64. The van der Waals surface area contributed by atoms with Crippen LogP contribution in [-0.2, 0) is 4.79 Å². The Bertz CT molecular complexity index is 754. The minimum absolute atomic E-state index is 0.136. The van der Waals surface area contributed by atoms with Gasteiger partial charge in [0.25, 0.3) is 5.91 Å². The molecular weight excluding hydrogens is 302 g/mol. The first-order chi connectivity index (χ1) is 11.5. The zero-order valence-corrected chi connectivity index (χ0v) is 14.5. The second-order valence-corrected chi connectivity index (χ2v) is 5.64. The van der Waals surface area contributed by atoms with Gasteiger partial charge in [0.15, 0.2) is 0 Å². The zero-order valence-electron chi connectivity index (χ0n) is 14.5. The normalized spacial score (nSPS) is 11.1. The van der Waals surface area contributed by atoms with E-state index in [1.165, 1.54) is 5.56 Å². The zero-order chi connectivity index (χ0) is 17.5. The van der Waals surface area contributed by atoms with Gasteiger partial charge < -0.3 is 10.1 Å². The first kappa shape index (κ1) is 17.5. The second-order valence-electron chi connectivity index (χ2n) is 5.64. The number of benzene rings is 2. The molecule has 0 unspecified atom stereocenters. The number of carbonyl (C=O) groups is 1. The average molecular weight is 325 g/mol. The standard InChI is InChI=1S/C19H23N3O2/c1-13-8-9-18(14(2)10-13)15(3)21-22-19(23)12-20-16-6-5-7-17(11-16)24-4/h5-11,20H,12H2,1-4H3,(H,22,23)/b21-15-. The molecule has 24 heavy (non-hydrogen) atoms. The molecule has 2 rings (SSSR count). The molecular formula is C19H23N3O2. The molecule has 0 aromatic heterocycles. The molecule has 0 saturated carbocycles. The highest BCUT2D eigenvalue weighted by molar-refractivity contribution is 6.00. The molecule has 0 aliphatic rings. The topological polar surface area (TPSA) is 62.7 Å². The summed E-state index contributed by atoms with van der Waals surface area (Å²) in [5.74, 6) is 0.533.